The van der Waals surface area contributed by atoms with Gasteiger partial charge in [0, 0.05) is 25.6 Å². The van der Waals surface area contributed by atoms with Gasteiger partial charge in [0.25, 0.3) is 15.9 Å². The van der Waals surface area contributed by atoms with Gasteiger partial charge in [-0.3, -0.25) is 14.3 Å². The largest absolute Gasteiger partial charge is 0.321 e. The third-order valence-corrected chi connectivity index (χ3v) is 5.83. The van der Waals surface area contributed by atoms with Crippen molar-refractivity contribution in [1.82, 2.24) is 5.01 Å². The first-order valence-corrected chi connectivity index (χ1v) is 10.2. The molecule has 29 heavy (non-hydrogen) atoms. The first-order valence-electron chi connectivity index (χ1n) is 8.71. The topological polar surface area (TPSA) is 108 Å². The fraction of sp³-hybridized carbons (Fsp3) is 0.211. The maximum atomic E-state index is 13.8. The Hall–Kier alpha value is -3.27. The van der Waals surface area contributed by atoms with Crippen LogP contribution in [0.3, 0.4) is 0 Å². The summed E-state index contributed by atoms with van der Waals surface area (Å²) < 4.78 is 41.5. The van der Waals surface area contributed by atoms with Gasteiger partial charge in [0.2, 0.25) is 5.91 Å². The van der Waals surface area contributed by atoms with Crippen molar-refractivity contribution in [2.75, 3.05) is 17.1 Å². The molecule has 0 saturated carbocycles. The number of halogens is 1. The first-order chi connectivity index (χ1) is 13.7. The summed E-state index contributed by atoms with van der Waals surface area (Å²) in [6.45, 7) is 1.59. The van der Waals surface area contributed by atoms with Gasteiger partial charge in [-0.05, 0) is 36.8 Å². The number of nitrogens with zero attached hydrogens (tertiary/aromatic N) is 2. The summed E-state index contributed by atoms with van der Waals surface area (Å²) in [4.78, 5) is 23.8. The standard InChI is InChI=1S/C19H19FN4O4S/c1-12-7-8-13(21-19(26)16-9-10-18(25)24(2)22-16)11-17(12)29(27,28)23-15-6-4-3-5-14(15)20/h3-8,11,23H,9-10H2,1-2H3,(H,21,26). The van der Waals surface area contributed by atoms with E-state index in [1.165, 1.54) is 37.4 Å². The molecule has 2 N–H and O–H groups in total. The van der Waals surface area contributed by atoms with Crippen LogP contribution < -0.4 is 10.0 Å². The molecule has 152 valence electrons. The Bertz CT molecular complexity index is 1110. The molecule has 8 nitrogen and oxygen atoms in total. The van der Waals surface area contributed by atoms with E-state index in [1.54, 1.807) is 13.0 Å². The molecule has 1 aliphatic rings. The Balaban J connectivity index is 1.84. The third kappa shape index (κ3) is 4.60. The number of hydrogen-bond acceptors (Lipinski definition) is 5. The van der Waals surface area contributed by atoms with Crippen molar-refractivity contribution in [2.45, 2.75) is 24.7 Å². The quantitative estimate of drug-likeness (QED) is 0.778. The summed E-state index contributed by atoms with van der Waals surface area (Å²) in [5.41, 5.74) is 0.649. The minimum Gasteiger partial charge on any atom is -0.321 e. The van der Waals surface area contributed by atoms with Gasteiger partial charge in [0.05, 0.1) is 10.6 Å². The van der Waals surface area contributed by atoms with Crippen LogP contribution in [0.1, 0.15) is 18.4 Å². The minimum absolute atomic E-state index is 0.101. The van der Waals surface area contributed by atoms with Crippen LogP contribution in [-0.2, 0) is 19.6 Å². The summed E-state index contributed by atoms with van der Waals surface area (Å²) in [5.74, 6) is -1.42. The van der Waals surface area contributed by atoms with Crippen LogP contribution in [-0.4, -0.2) is 38.0 Å². The lowest BCUT2D eigenvalue weighted by molar-refractivity contribution is -0.130. The SMILES string of the molecule is Cc1ccc(NC(=O)C2=NN(C)C(=O)CC2)cc1S(=O)(=O)Nc1ccccc1F. The molecule has 0 aromatic heterocycles. The Kier molecular flexibility index (Phi) is 5.64. The molecule has 10 heteroatoms. The van der Waals surface area contributed by atoms with Crippen LogP contribution in [0.25, 0.3) is 0 Å². The molecule has 1 heterocycles. The van der Waals surface area contributed by atoms with E-state index in [0.29, 0.717) is 5.56 Å². The highest BCUT2D eigenvalue weighted by molar-refractivity contribution is 7.92. The third-order valence-electron chi connectivity index (χ3n) is 4.32. The number of anilines is 2. The van der Waals surface area contributed by atoms with Gasteiger partial charge in [-0.1, -0.05) is 18.2 Å². The molecule has 3 rings (SSSR count). The van der Waals surface area contributed by atoms with Gasteiger partial charge in [-0.2, -0.15) is 5.10 Å². The predicted octanol–water partition coefficient (Wildman–Crippen LogP) is 2.48. The molecule has 1 aliphatic heterocycles. The number of benzene rings is 2. The molecule has 0 unspecified atom stereocenters. The highest BCUT2D eigenvalue weighted by Gasteiger charge is 2.23. The number of amides is 2. The van der Waals surface area contributed by atoms with E-state index in [9.17, 15) is 22.4 Å². The van der Waals surface area contributed by atoms with Crippen molar-refractivity contribution >= 4 is 38.9 Å². The van der Waals surface area contributed by atoms with Crippen molar-refractivity contribution in [2.24, 2.45) is 5.10 Å². The van der Waals surface area contributed by atoms with Crippen LogP contribution in [0.4, 0.5) is 15.8 Å². The number of sulfonamides is 1. The molecular weight excluding hydrogens is 399 g/mol. The van der Waals surface area contributed by atoms with E-state index in [2.05, 4.69) is 15.1 Å². The van der Waals surface area contributed by atoms with Crippen LogP contribution in [0.2, 0.25) is 0 Å². The molecule has 2 amide bonds. The Morgan fingerprint density at radius 1 is 1.17 bits per heavy atom. The molecule has 0 atom stereocenters. The fourth-order valence-electron chi connectivity index (χ4n) is 2.75. The number of carbonyl (C=O) groups is 2. The number of hydrazone groups is 1. The highest BCUT2D eigenvalue weighted by atomic mass is 32.2. The second kappa shape index (κ2) is 8.00. The summed E-state index contributed by atoms with van der Waals surface area (Å²) in [5, 5.41) is 7.62. The van der Waals surface area contributed by atoms with Crippen LogP contribution in [0, 0.1) is 12.7 Å². The number of nitrogens with one attached hydrogen (secondary N) is 2. The summed E-state index contributed by atoms with van der Waals surface area (Å²) >= 11 is 0. The first kappa shape index (κ1) is 20.5. The Morgan fingerprint density at radius 3 is 2.59 bits per heavy atom. The van der Waals surface area contributed by atoms with Gasteiger partial charge in [0.1, 0.15) is 11.5 Å². The van der Waals surface area contributed by atoms with E-state index in [1.807, 2.05) is 0 Å². The van der Waals surface area contributed by atoms with E-state index >= 15 is 0 Å². The monoisotopic (exact) mass is 418 g/mol. The van der Waals surface area contributed by atoms with Gasteiger partial charge >= 0.3 is 0 Å². The van der Waals surface area contributed by atoms with Gasteiger partial charge < -0.3 is 5.32 Å². The zero-order valence-corrected chi connectivity index (χ0v) is 16.6. The lowest BCUT2D eigenvalue weighted by atomic mass is 10.1. The molecule has 0 spiro atoms. The maximum Gasteiger partial charge on any atom is 0.271 e. The average molecular weight is 418 g/mol. The van der Waals surface area contributed by atoms with Crippen LogP contribution in [0.5, 0.6) is 0 Å². The Labute approximate surface area is 167 Å². The number of carbonyl (C=O) groups excluding carboxylic acids is 2. The number of aryl methyl sites for hydroxylation is 1. The van der Waals surface area contributed by atoms with E-state index in [4.69, 9.17) is 0 Å². The summed E-state index contributed by atoms with van der Waals surface area (Å²) in [7, 11) is -2.63. The van der Waals surface area contributed by atoms with Crippen molar-refractivity contribution in [1.29, 1.82) is 0 Å². The van der Waals surface area contributed by atoms with Crippen LogP contribution >= 0.6 is 0 Å². The van der Waals surface area contributed by atoms with Crippen molar-refractivity contribution in [3.63, 3.8) is 0 Å². The second-order valence-corrected chi connectivity index (χ2v) is 8.13. The molecule has 0 fully saturated rings. The normalized spacial score (nSPS) is 14.4. The van der Waals surface area contributed by atoms with E-state index in [-0.39, 0.29) is 40.7 Å². The van der Waals surface area contributed by atoms with Crippen molar-refractivity contribution in [3.05, 3.63) is 53.8 Å². The molecule has 0 saturated heterocycles. The predicted molar refractivity (Wildman–Crippen MR) is 106 cm³/mol. The van der Waals surface area contributed by atoms with Gasteiger partial charge in [-0.15, -0.1) is 0 Å². The lowest BCUT2D eigenvalue weighted by Crippen LogP contribution is -2.34. The number of para-hydroxylation sites is 1. The zero-order valence-electron chi connectivity index (χ0n) is 15.8. The average Bonchev–Trinajstić information content (AvgIpc) is 2.67. The number of rotatable bonds is 5. The molecule has 0 aliphatic carbocycles. The molecule has 2 aromatic rings. The molecular formula is C19H19FN4O4S. The second-order valence-electron chi connectivity index (χ2n) is 6.48. The Morgan fingerprint density at radius 2 is 1.90 bits per heavy atom. The van der Waals surface area contributed by atoms with E-state index in [0.717, 1.165) is 11.1 Å². The maximum absolute atomic E-state index is 13.8. The zero-order chi connectivity index (χ0) is 21.2. The van der Waals surface area contributed by atoms with Gasteiger partial charge in [-0.25, -0.2) is 17.8 Å². The summed E-state index contributed by atoms with van der Waals surface area (Å²) in [6, 6.07) is 9.79. The minimum atomic E-state index is -4.09. The molecule has 0 bridgehead atoms. The van der Waals surface area contributed by atoms with Gasteiger partial charge in [0.15, 0.2) is 0 Å². The fourth-order valence-corrected chi connectivity index (χ4v) is 4.09. The smallest absolute Gasteiger partial charge is 0.271 e. The number of hydrogen-bond donors (Lipinski definition) is 2. The highest BCUT2D eigenvalue weighted by Crippen LogP contribution is 2.24. The van der Waals surface area contributed by atoms with E-state index < -0.39 is 21.7 Å². The van der Waals surface area contributed by atoms with Crippen LogP contribution in [0.15, 0.2) is 52.5 Å². The molecule has 0 radical (unpaired) electrons. The van der Waals surface area contributed by atoms with Crippen molar-refractivity contribution in [3.8, 4) is 0 Å². The van der Waals surface area contributed by atoms with Crippen molar-refractivity contribution < 1.29 is 22.4 Å². The molecule has 2 aromatic carbocycles. The lowest BCUT2D eigenvalue weighted by Gasteiger charge is -2.19. The summed E-state index contributed by atoms with van der Waals surface area (Å²) in [6.07, 6.45) is 0.365.